The molecule has 1 amide bonds. The lowest BCUT2D eigenvalue weighted by molar-refractivity contribution is -0.126. The molecule has 1 saturated heterocycles. The SMILES string of the molecule is Cc1cccc(CCCNC(=O)[C@@H]2CCCN(S(=O)(=O)c3ccc(Cl)cc3)C2)c1. The highest BCUT2D eigenvalue weighted by Gasteiger charge is 2.33. The molecule has 7 heteroatoms. The molecule has 156 valence electrons. The molecule has 1 heterocycles. The van der Waals surface area contributed by atoms with Crippen molar-refractivity contribution in [2.45, 2.75) is 37.5 Å². The van der Waals surface area contributed by atoms with Gasteiger partial charge in [0, 0.05) is 24.7 Å². The fraction of sp³-hybridized carbons (Fsp3) is 0.409. The zero-order valence-electron chi connectivity index (χ0n) is 16.6. The maximum Gasteiger partial charge on any atom is 0.243 e. The highest BCUT2D eigenvalue weighted by Crippen LogP contribution is 2.24. The van der Waals surface area contributed by atoms with Gasteiger partial charge in [0.15, 0.2) is 0 Å². The summed E-state index contributed by atoms with van der Waals surface area (Å²) >= 11 is 5.86. The second-order valence-corrected chi connectivity index (χ2v) is 9.91. The molecule has 1 aliphatic heterocycles. The summed E-state index contributed by atoms with van der Waals surface area (Å²) in [4.78, 5) is 12.8. The van der Waals surface area contributed by atoms with E-state index >= 15 is 0 Å². The topological polar surface area (TPSA) is 66.5 Å². The smallest absolute Gasteiger partial charge is 0.243 e. The number of carbonyl (C=O) groups excluding carboxylic acids is 1. The summed E-state index contributed by atoms with van der Waals surface area (Å²) in [5, 5.41) is 3.47. The minimum Gasteiger partial charge on any atom is -0.356 e. The van der Waals surface area contributed by atoms with E-state index in [1.807, 2.05) is 6.07 Å². The molecule has 2 aromatic rings. The monoisotopic (exact) mass is 434 g/mol. The Balaban J connectivity index is 1.51. The highest BCUT2D eigenvalue weighted by atomic mass is 35.5. The first-order valence-electron chi connectivity index (χ1n) is 9.95. The van der Waals surface area contributed by atoms with Gasteiger partial charge < -0.3 is 5.32 Å². The van der Waals surface area contributed by atoms with Crippen molar-refractivity contribution in [2.75, 3.05) is 19.6 Å². The van der Waals surface area contributed by atoms with Gasteiger partial charge >= 0.3 is 0 Å². The number of hydrogen-bond donors (Lipinski definition) is 1. The zero-order chi connectivity index (χ0) is 20.9. The zero-order valence-corrected chi connectivity index (χ0v) is 18.2. The van der Waals surface area contributed by atoms with Gasteiger partial charge in [-0.05, 0) is 62.4 Å². The number of aryl methyl sites for hydroxylation is 2. The maximum atomic E-state index is 12.9. The van der Waals surface area contributed by atoms with E-state index in [4.69, 9.17) is 11.6 Å². The van der Waals surface area contributed by atoms with Crippen LogP contribution in [0.1, 0.15) is 30.4 Å². The van der Waals surface area contributed by atoms with Crippen LogP contribution < -0.4 is 5.32 Å². The van der Waals surface area contributed by atoms with Crippen molar-refractivity contribution < 1.29 is 13.2 Å². The molecule has 29 heavy (non-hydrogen) atoms. The number of hydrogen-bond acceptors (Lipinski definition) is 3. The average molecular weight is 435 g/mol. The Morgan fingerprint density at radius 3 is 2.69 bits per heavy atom. The predicted molar refractivity (Wildman–Crippen MR) is 115 cm³/mol. The van der Waals surface area contributed by atoms with Crippen LogP contribution in [-0.2, 0) is 21.2 Å². The molecule has 1 N–H and O–H groups in total. The van der Waals surface area contributed by atoms with Crippen molar-refractivity contribution in [1.82, 2.24) is 9.62 Å². The van der Waals surface area contributed by atoms with Crippen molar-refractivity contribution in [1.29, 1.82) is 0 Å². The van der Waals surface area contributed by atoms with Crippen LogP contribution in [0.25, 0.3) is 0 Å². The Morgan fingerprint density at radius 2 is 1.97 bits per heavy atom. The summed E-state index contributed by atoms with van der Waals surface area (Å²) in [5.74, 6) is -0.380. The molecular weight excluding hydrogens is 408 g/mol. The summed E-state index contributed by atoms with van der Waals surface area (Å²) in [7, 11) is -3.62. The summed E-state index contributed by atoms with van der Waals surface area (Å²) < 4.78 is 27.1. The first kappa shape index (κ1) is 21.8. The highest BCUT2D eigenvalue weighted by molar-refractivity contribution is 7.89. The fourth-order valence-electron chi connectivity index (χ4n) is 3.65. The lowest BCUT2D eigenvalue weighted by atomic mass is 9.98. The Labute approximate surface area is 178 Å². The van der Waals surface area contributed by atoms with E-state index < -0.39 is 10.0 Å². The van der Waals surface area contributed by atoms with E-state index in [-0.39, 0.29) is 23.3 Å². The average Bonchev–Trinajstić information content (AvgIpc) is 2.71. The Bertz CT molecular complexity index is 945. The Hall–Kier alpha value is -1.89. The molecule has 1 aliphatic rings. The van der Waals surface area contributed by atoms with Crippen LogP contribution in [0.5, 0.6) is 0 Å². The molecule has 1 atom stereocenters. The van der Waals surface area contributed by atoms with E-state index in [2.05, 4.69) is 30.4 Å². The third kappa shape index (κ3) is 5.81. The number of carbonyl (C=O) groups is 1. The van der Waals surface area contributed by atoms with Gasteiger partial charge in [-0.1, -0.05) is 41.4 Å². The number of benzene rings is 2. The van der Waals surface area contributed by atoms with Crippen LogP contribution in [0, 0.1) is 12.8 Å². The van der Waals surface area contributed by atoms with E-state index in [9.17, 15) is 13.2 Å². The van der Waals surface area contributed by atoms with Crippen LogP contribution in [0.2, 0.25) is 5.02 Å². The fourth-order valence-corrected chi connectivity index (χ4v) is 5.30. The summed E-state index contributed by atoms with van der Waals surface area (Å²) in [6.45, 7) is 3.31. The van der Waals surface area contributed by atoms with Gasteiger partial charge in [-0.25, -0.2) is 8.42 Å². The Morgan fingerprint density at radius 1 is 1.21 bits per heavy atom. The number of amides is 1. The van der Waals surface area contributed by atoms with Crippen molar-refractivity contribution in [3.63, 3.8) is 0 Å². The van der Waals surface area contributed by atoms with Gasteiger partial charge in [0.2, 0.25) is 15.9 Å². The quantitative estimate of drug-likeness (QED) is 0.674. The number of nitrogens with zero attached hydrogens (tertiary/aromatic N) is 1. The minimum absolute atomic E-state index is 0.0646. The third-order valence-corrected chi connectivity index (χ3v) is 7.36. The molecule has 0 bridgehead atoms. The van der Waals surface area contributed by atoms with Gasteiger partial charge in [0.1, 0.15) is 0 Å². The van der Waals surface area contributed by atoms with Gasteiger partial charge in [0.25, 0.3) is 0 Å². The van der Waals surface area contributed by atoms with E-state index in [0.29, 0.717) is 31.0 Å². The first-order chi connectivity index (χ1) is 13.9. The van der Waals surface area contributed by atoms with Crippen LogP contribution in [-0.4, -0.2) is 38.3 Å². The van der Waals surface area contributed by atoms with Gasteiger partial charge in [-0.3, -0.25) is 4.79 Å². The molecular formula is C22H27ClN2O3S. The molecule has 0 aromatic heterocycles. The normalized spacial score (nSPS) is 17.8. The first-order valence-corrected chi connectivity index (χ1v) is 11.8. The van der Waals surface area contributed by atoms with Crippen molar-refractivity contribution >= 4 is 27.5 Å². The molecule has 3 rings (SSSR count). The molecule has 1 fully saturated rings. The standard InChI is InChI=1S/C22H27ClN2O3S/c1-17-5-2-6-18(15-17)7-3-13-24-22(26)19-8-4-14-25(16-19)29(27,28)21-11-9-20(23)10-12-21/h2,5-6,9-12,15,19H,3-4,7-8,13-14,16H2,1H3,(H,24,26)/t19-/m1/s1. The van der Waals surface area contributed by atoms with Crippen LogP contribution >= 0.6 is 11.6 Å². The number of rotatable bonds is 7. The van der Waals surface area contributed by atoms with Crippen molar-refractivity contribution in [3.05, 3.63) is 64.7 Å². The third-order valence-electron chi connectivity index (χ3n) is 5.23. The van der Waals surface area contributed by atoms with Gasteiger partial charge in [-0.2, -0.15) is 4.31 Å². The van der Waals surface area contributed by atoms with Gasteiger partial charge in [-0.15, -0.1) is 0 Å². The van der Waals surface area contributed by atoms with E-state index in [1.165, 1.54) is 27.6 Å². The lowest BCUT2D eigenvalue weighted by Crippen LogP contribution is -2.45. The second-order valence-electron chi connectivity index (χ2n) is 7.54. The second kappa shape index (κ2) is 9.74. The molecule has 2 aromatic carbocycles. The summed E-state index contributed by atoms with van der Waals surface area (Å²) in [5.41, 5.74) is 2.49. The summed E-state index contributed by atoms with van der Waals surface area (Å²) in [6.07, 6.45) is 3.14. The Kier molecular flexibility index (Phi) is 7.33. The van der Waals surface area contributed by atoms with E-state index in [1.54, 1.807) is 12.1 Å². The molecule has 5 nitrogen and oxygen atoms in total. The number of nitrogens with one attached hydrogen (secondary N) is 1. The maximum absolute atomic E-state index is 12.9. The summed E-state index contributed by atoms with van der Waals surface area (Å²) in [6, 6.07) is 14.5. The van der Waals surface area contributed by atoms with Crippen LogP contribution in [0.3, 0.4) is 0 Å². The molecule has 0 saturated carbocycles. The molecule has 0 unspecified atom stereocenters. The number of piperidine rings is 1. The molecule has 0 aliphatic carbocycles. The van der Waals surface area contributed by atoms with Crippen molar-refractivity contribution in [2.24, 2.45) is 5.92 Å². The predicted octanol–water partition coefficient (Wildman–Crippen LogP) is 3.80. The number of sulfonamides is 1. The van der Waals surface area contributed by atoms with E-state index in [0.717, 1.165) is 12.8 Å². The van der Waals surface area contributed by atoms with Crippen molar-refractivity contribution in [3.8, 4) is 0 Å². The molecule has 0 radical (unpaired) electrons. The van der Waals surface area contributed by atoms with Gasteiger partial charge in [0.05, 0.1) is 10.8 Å². The van der Waals surface area contributed by atoms with Crippen LogP contribution in [0.15, 0.2) is 53.4 Å². The largest absolute Gasteiger partial charge is 0.356 e. The minimum atomic E-state index is -3.62. The number of halogens is 1. The molecule has 0 spiro atoms. The lowest BCUT2D eigenvalue weighted by Gasteiger charge is -2.31. The van der Waals surface area contributed by atoms with Crippen LogP contribution in [0.4, 0.5) is 0 Å².